The quantitative estimate of drug-likeness (QED) is 0.0870. The van der Waals surface area contributed by atoms with Crippen LogP contribution in [0.2, 0.25) is 18.1 Å². The van der Waals surface area contributed by atoms with E-state index in [0.717, 1.165) is 63.4 Å². The van der Waals surface area contributed by atoms with Crippen LogP contribution in [0.25, 0.3) is 0 Å². The van der Waals surface area contributed by atoms with Crippen LogP contribution in [-0.2, 0) is 29.9 Å². The molecule has 4 rings (SSSR count). The van der Waals surface area contributed by atoms with Crippen LogP contribution in [0.1, 0.15) is 85.6 Å². The lowest BCUT2D eigenvalue weighted by molar-refractivity contribution is -0.104. The van der Waals surface area contributed by atoms with Crippen LogP contribution in [0.4, 0.5) is 0 Å². The van der Waals surface area contributed by atoms with Crippen LogP contribution in [-0.4, -0.2) is 57.8 Å². The molecular formula is C40H62O5Si. The van der Waals surface area contributed by atoms with E-state index in [0.29, 0.717) is 23.7 Å². The number of hydrogen-bond donors (Lipinski definition) is 0. The van der Waals surface area contributed by atoms with Crippen molar-refractivity contribution in [2.45, 2.75) is 141 Å². The van der Waals surface area contributed by atoms with Gasteiger partial charge in [0.2, 0.25) is 0 Å². The average Bonchev–Trinajstić information content (AvgIpc) is 3.49. The van der Waals surface area contributed by atoms with E-state index in [1.54, 1.807) is 0 Å². The van der Waals surface area contributed by atoms with E-state index in [1.165, 1.54) is 17.2 Å². The standard InChI is InChI=1S/C40H62O5Si/c1-27(26-42-46(9,10)40(6,7)8)21-37-31(5)35(24-32-15-12-11-13-16-32)39(45-37)25-38-30(4)28(2)22-34(44-38)18-19-36-29(3)23-33(43-36)17-14-20-41/h11-17,20,27-28,31,33-39H,3-4,18-19,21-26H2,1-2,5-10H3/b17-14+/t27-,28+,31+,33-,34-,35+,36?,37+,38+,39?/m0/s1. The van der Waals surface area contributed by atoms with Gasteiger partial charge in [0.25, 0.3) is 0 Å². The molecule has 3 heterocycles. The molecule has 3 saturated heterocycles. The van der Waals surface area contributed by atoms with E-state index in [2.05, 4.69) is 98.1 Å². The van der Waals surface area contributed by atoms with Gasteiger partial charge in [-0.15, -0.1) is 0 Å². The van der Waals surface area contributed by atoms with E-state index in [-0.39, 0.29) is 41.7 Å². The van der Waals surface area contributed by atoms with Gasteiger partial charge in [0, 0.05) is 19.4 Å². The van der Waals surface area contributed by atoms with Crippen molar-refractivity contribution in [2.75, 3.05) is 6.61 Å². The number of hydrogen-bond acceptors (Lipinski definition) is 5. The minimum Gasteiger partial charge on any atom is -0.417 e. The summed E-state index contributed by atoms with van der Waals surface area (Å²) in [4.78, 5) is 10.8. The number of carbonyl (C=O) groups excluding carboxylic acids is 1. The van der Waals surface area contributed by atoms with Gasteiger partial charge in [-0.1, -0.05) is 91.1 Å². The fourth-order valence-corrected chi connectivity index (χ4v) is 8.41. The van der Waals surface area contributed by atoms with Gasteiger partial charge >= 0.3 is 0 Å². The number of carbonyl (C=O) groups is 1. The number of benzene rings is 1. The van der Waals surface area contributed by atoms with Crippen molar-refractivity contribution in [3.8, 4) is 0 Å². The molecular weight excluding hydrogens is 589 g/mol. The Labute approximate surface area is 281 Å². The summed E-state index contributed by atoms with van der Waals surface area (Å²) >= 11 is 0. The molecule has 6 heteroatoms. The molecule has 3 aliphatic heterocycles. The van der Waals surface area contributed by atoms with Crippen molar-refractivity contribution in [1.29, 1.82) is 0 Å². The van der Waals surface area contributed by atoms with Crippen molar-refractivity contribution in [1.82, 2.24) is 0 Å². The second-order valence-electron chi connectivity index (χ2n) is 16.2. The van der Waals surface area contributed by atoms with Gasteiger partial charge in [-0.2, -0.15) is 0 Å². The summed E-state index contributed by atoms with van der Waals surface area (Å²) in [5.41, 5.74) is 3.68. The fraction of sp³-hybridized carbons (Fsp3) is 0.675. The van der Waals surface area contributed by atoms with Crippen molar-refractivity contribution >= 4 is 14.6 Å². The molecule has 0 aromatic heterocycles. The van der Waals surface area contributed by atoms with E-state index in [9.17, 15) is 4.79 Å². The molecule has 0 aliphatic carbocycles. The maximum absolute atomic E-state index is 10.8. The zero-order chi connectivity index (χ0) is 33.6. The van der Waals surface area contributed by atoms with Crippen LogP contribution in [0.3, 0.4) is 0 Å². The third-order valence-electron chi connectivity index (χ3n) is 11.5. The summed E-state index contributed by atoms with van der Waals surface area (Å²) in [6.07, 6.45) is 11.0. The molecule has 1 aromatic carbocycles. The van der Waals surface area contributed by atoms with E-state index in [1.807, 2.05) is 6.08 Å². The van der Waals surface area contributed by atoms with Crippen LogP contribution in [0.15, 0.2) is 66.8 Å². The Balaban J connectivity index is 1.40. The lowest BCUT2D eigenvalue weighted by Gasteiger charge is -2.38. The predicted molar refractivity (Wildman–Crippen MR) is 191 cm³/mol. The summed E-state index contributed by atoms with van der Waals surface area (Å²) in [6.45, 7) is 28.2. The van der Waals surface area contributed by atoms with Gasteiger partial charge in [0.05, 0.1) is 36.6 Å². The molecule has 10 atom stereocenters. The summed E-state index contributed by atoms with van der Waals surface area (Å²) in [5, 5.41) is 0.210. The molecule has 5 nitrogen and oxygen atoms in total. The van der Waals surface area contributed by atoms with Crippen molar-refractivity contribution in [2.24, 2.45) is 23.7 Å². The predicted octanol–water partition coefficient (Wildman–Crippen LogP) is 9.29. The Kier molecular flexibility index (Phi) is 12.9. The lowest BCUT2D eigenvalue weighted by atomic mass is 9.78. The largest absolute Gasteiger partial charge is 0.417 e. The first-order chi connectivity index (χ1) is 21.7. The van der Waals surface area contributed by atoms with E-state index < -0.39 is 8.32 Å². The molecule has 2 unspecified atom stereocenters. The highest BCUT2D eigenvalue weighted by Gasteiger charge is 2.45. The number of ether oxygens (including phenoxy) is 3. The number of aldehydes is 1. The van der Waals surface area contributed by atoms with E-state index >= 15 is 0 Å². The topological polar surface area (TPSA) is 54.0 Å². The van der Waals surface area contributed by atoms with Gasteiger partial charge < -0.3 is 18.6 Å². The number of allylic oxidation sites excluding steroid dienone is 1. The normalized spacial score (nSPS) is 33.2. The van der Waals surface area contributed by atoms with Crippen molar-refractivity contribution in [3.05, 3.63) is 72.4 Å². The summed E-state index contributed by atoms with van der Waals surface area (Å²) in [6, 6.07) is 10.9. The van der Waals surface area contributed by atoms with Gasteiger partial charge in [-0.25, -0.2) is 0 Å². The van der Waals surface area contributed by atoms with Crippen LogP contribution < -0.4 is 0 Å². The summed E-state index contributed by atoms with van der Waals surface area (Å²) < 4.78 is 26.7. The highest BCUT2D eigenvalue weighted by atomic mass is 28.4. The molecule has 0 bridgehead atoms. The fourth-order valence-electron chi connectivity index (χ4n) is 7.28. The molecule has 3 fully saturated rings. The highest BCUT2D eigenvalue weighted by Crippen LogP contribution is 2.43. The lowest BCUT2D eigenvalue weighted by Crippen LogP contribution is -2.42. The molecule has 3 aliphatic rings. The first-order valence-corrected chi connectivity index (χ1v) is 20.7. The maximum atomic E-state index is 10.8. The third-order valence-corrected chi connectivity index (χ3v) is 16.0. The Bertz CT molecular complexity index is 1190. The Hall–Kier alpha value is -1.83. The SMILES string of the molecule is C=C1C[C@H](/C=C/C=O)OC1CC[C@H]1C[C@@H](C)C(=C)[C@@H](CC2O[C@H](C[C@H](C)CO[Si](C)(C)C(C)(C)C)[C@H](C)[C@H]2Cc2ccccc2)O1. The Morgan fingerprint density at radius 3 is 2.41 bits per heavy atom. The Morgan fingerprint density at radius 2 is 1.74 bits per heavy atom. The van der Waals surface area contributed by atoms with Gasteiger partial charge in [0.1, 0.15) is 6.29 Å². The van der Waals surface area contributed by atoms with Gasteiger partial charge in [0.15, 0.2) is 8.32 Å². The molecule has 0 N–H and O–H groups in total. The van der Waals surface area contributed by atoms with Gasteiger partial charge in [-0.3, -0.25) is 4.79 Å². The zero-order valence-electron chi connectivity index (χ0n) is 30.0. The smallest absolute Gasteiger partial charge is 0.191 e. The monoisotopic (exact) mass is 650 g/mol. The van der Waals surface area contributed by atoms with Crippen LogP contribution in [0, 0.1) is 23.7 Å². The molecule has 256 valence electrons. The second kappa shape index (κ2) is 16.0. The zero-order valence-corrected chi connectivity index (χ0v) is 31.0. The molecule has 1 aromatic rings. The first kappa shape index (κ1) is 37.0. The van der Waals surface area contributed by atoms with Gasteiger partial charge in [-0.05, 0) is 96.7 Å². The molecule has 0 saturated carbocycles. The number of rotatable bonds is 14. The third kappa shape index (κ3) is 9.62. The van der Waals surface area contributed by atoms with E-state index in [4.69, 9.17) is 18.6 Å². The van der Waals surface area contributed by atoms with Crippen LogP contribution >= 0.6 is 0 Å². The summed E-state index contributed by atoms with van der Waals surface area (Å²) in [7, 11) is -1.79. The van der Waals surface area contributed by atoms with Crippen LogP contribution in [0.5, 0.6) is 0 Å². The average molecular weight is 651 g/mol. The highest BCUT2D eigenvalue weighted by molar-refractivity contribution is 6.74. The molecule has 46 heavy (non-hydrogen) atoms. The van der Waals surface area contributed by atoms with Crippen molar-refractivity contribution < 1.29 is 23.4 Å². The first-order valence-electron chi connectivity index (χ1n) is 17.8. The minimum absolute atomic E-state index is 0.0152. The minimum atomic E-state index is -1.79. The molecule has 0 amide bonds. The molecule has 0 spiro atoms. The Morgan fingerprint density at radius 1 is 1.02 bits per heavy atom. The van der Waals surface area contributed by atoms with Crippen molar-refractivity contribution in [3.63, 3.8) is 0 Å². The maximum Gasteiger partial charge on any atom is 0.191 e. The molecule has 0 radical (unpaired) electrons. The summed E-state index contributed by atoms with van der Waals surface area (Å²) in [5.74, 6) is 1.69. The second-order valence-corrected chi connectivity index (χ2v) is 21.0.